The van der Waals surface area contributed by atoms with Gasteiger partial charge in [-0.25, -0.2) is 8.42 Å². The van der Waals surface area contributed by atoms with Crippen LogP contribution in [0.15, 0.2) is 24.3 Å². The smallest absolute Gasteiger partial charge is 0.229 e. The second-order valence-electron chi connectivity index (χ2n) is 5.25. The van der Waals surface area contributed by atoms with E-state index in [1.54, 1.807) is 24.3 Å². The predicted octanol–water partition coefficient (Wildman–Crippen LogP) is 0.650. The molecule has 1 aromatic rings. The fourth-order valence-corrected chi connectivity index (χ4v) is 4.00. The number of hydrogen-bond donors (Lipinski definition) is 2. The summed E-state index contributed by atoms with van der Waals surface area (Å²) in [7, 11) is -3.05. The van der Waals surface area contributed by atoms with Crippen LogP contribution in [0.3, 0.4) is 0 Å². The van der Waals surface area contributed by atoms with Crippen molar-refractivity contribution in [1.82, 2.24) is 10.6 Å². The average Bonchev–Trinajstić information content (AvgIpc) is 2.77. The van der Waals surface area contributed by atoms with E-state index in [2.05, 4.69) is 10.6 Å². The van der Waals surface area contributed by atoms with E-state index in [9.17, 15) is 18.0 Å². The van der Waals surface area contributed by atoms with E-state index in [1.165, 1.54) is 0 Å². The van der Waals surface area contributed by atoms with Crippen molar-refractivity contribution in [3.63, 3.8) is 0 Å². The minimum absolute atomic E-state index is 0.0505. The summed E-state index contributed by atoms with van der Waals surface area (Å²) in [6, 6.07) is 6.62. The van der Waals surface area contributed by atoms with Gasteiger partial charge in [-0.1, -0.05) is 23.7 Å². The third-order valence-corrected chi connectivity index (χ3v) is 5.34. The predicted molar refractivity (Wildman–Crippen MR) is 83.1 cm³/mol. The van der Waals surface area contributed by atoms with Crippen molar-refractivity contribution < 1.29 is 18.0 Å². The van der Waals surface area contributed by atoms with Gasteiger partial charge in [-0.3, -0.25) is 9.59 Å². The average molecular weight is 345 g/mol. The van der Waals surface area contributed by atoms with Gasteiger partial charge in [0.05, 0.1) is 11.5 Å². The van der Waals surface area contributed by atoms with Crippen molar-refractivity contribution in [3.8, 4) is 0 Å². The van der Waals surface area contributed by atoms with Crippen molar-refractivity contribution in [2.75, 3.05) is 11.5 Å². The van der Waals surface area contributed by atoms with Crippen molar-refractivity contribution >= 4 is 33.3 Å². The minimum Gasteiger partial charge on any atom is -0.352 e. The number of carbonyl (C=O) groups is 2. The Labute approximate surface area is 134 Å². The molecule has 0 radical (unpaired) electrons. The maximum absolute atomic E-state index is 11.7. The summed E-state index contributed by atoms with van der Waals surface area (Å²) in [5, 5.41) is 5.82. The standard InChI is InChI=1S/C14H17ClN2O4S/c15-11-3-1-10(2-4-11)8-16-13(18)7-14(19)17-12-5-6-22(20,21)9-12/h1-4,12H,5-9H2,(H,16,18)(H,17,19). The Hall–Kier alpha value is -1.60. The lowest BCUT2D eigenvalue weighted by molar-refractivity contribution is -0.129. The van der Waals surface area contributed by atoms with E-state index in [1.807, 2.05) is 0 Å². The van der Waals surface area contributed by atoms with Crippen LogP contribution < -0.4 is 10.6 Å². The molecule has 0 spiro atoms. The summed E-state index contributed by atoms with van der Waals surface area (Å²) in [5.74, 6) is -0.838. The lowest BCUT2D eigenvalue weighted by Gasteiger charge is -2.11. The van der Waals surface area contributed by atoms with Crippen LogP contribution in [0.25, 0.3) is 0 Å². The summed E-state index contributed by atoms with van der Waals surface area (Å²) in [6.45, 7) is 0.307. The number of sulfone groups is 1. The molecule has 1 heterocycles. The SMILES string of the molecule is O=C(CC(=O)NC1CCS(=O)(=O)C1)NCc1ccc(Cl)cc1. The van der Waals surface area contributed by atoms with E-state index in [4.69, 9.17) is 11.6 Å². The lowest BCUT2D eigenvalue weighted by Crippen LogP contribution is -2.38. The fourth-order valence-electron chi connectivity index (χ4n) is 2.20. The zero-order valence-corrected chi connectivity index (χ0v) is 13.4. The molecule has 1 aliphatic heterocycles. The molecule has 0 bridgehead atoms. The molecule has 0 saturated carbocycles. The molecule has 1 aromatic carbocycles. The molecule has 1 aliphatic rings. The molecule has 6 nitrogen and oxygen atoms in total. The fraction of sp³-hybridized carbons (Fsp3) is 0.429. The van der Waals surface area contributed by atoms with E-state index in [0.717, 1.165) is 5.56 Å². The number of carbonyl (C=O) groups excluding carboxylic acids is 2. The monoisotopic (exact) mass is 344 g/mol. The van der Waals surface area contributed by atoms with Crippen LogP contribution in [-0.2, 0) is 26.0 Å². The Bertz CT molecular complexity index is 658. The second kappa shape index (κ2) is 7.11. The van der Waals surface area contributed by atoms with Crippen molar-refractivity contribution in [2.45, 2.75) is 25.4 Å². The van der Waals surface area contributed by atoms with Crippen LogP contribution in [-0.4, -0.2) is 37.8 Å². The first kappa shape index (κ1) is 16.8. The summed E-state index contributed by atoms with van der Waals surface area (Å²) in [5.41, 5.74) is 0.875. The van der Waals surface area contributed by atoms with E-state index < -0.39 is 21.7 Å². The van der Waals surface area contributed by atoms with E-state index in [0.29, 0.717) is 18.0 Å². The van der Waals surface area contributed by atoms with Crippen LogP contribution >= 0.6 is 11.6 Å². The molecule has 1 saturated heterocycles. The van der Waals surface area contributed by atoms with Gasteiger partial charge in [0.1, 0.15) is 6.42 Å². The van der Waals surface area contributed by atoms with Crippen LogP contribution in [0.4, 0.5) is 0 Å². The van der Waals surface area contributed by atoms with E-state index in [-0.39, 0.29) is 24.0 Å². The number of nitrogens with one attached hydrogen (secondary N) is 2. The highest BCUT2D eigenvalue weighted by atomic mass is 35.5. The number of rotatable bonds is 5. The van der Waals surface area contributed by atoms with Crippen LogP contribution in [0.2, 0.25) is 5.02 Å². The first-order valence-corrected chi connectivity index (χ1v) is 9.05. The van der Waals surface area contributed by atoms with Gasteiger partial charge < -0.3 is 10.6 Å². The molecule has 2 rings (SSSR count). The molecule has 1 fully saturated rings. The summed E-state index contributed by atoms with van der Waals surface area (Å²) < 4.78 is 22.6. The molecular formula is C14H17ClN2O4S. The third-order valence-electron chi connectivity index (χ3n) is 3.32. The first-order chi connectivity index (χ1) is 10.3. The molecule has 1 atom stereocenters. The molecule has 120 valence electrons. The Balaban J connectivity index is 1.72. The van der Waals surface area contributed by atoms with Crippen LogP contribution in [0, 0.1) is 0 Å². The molecule has 0 aromatic heterocycles. The summed E-state index contributed by atoms with van der Waals surface area (Å²) in [4.78, 5) is 23.4. The maximum Gasteiger partial charge on any atom is 0.229 e. The van der Waals surface area contributed by atoms with Gasteiger partial charge in [-0.2, -0.15) is 0 Å². The van der Waals surface area contributed by atoms with Gasteiger partial charge >= 0.3 is 0 Å². The summed E-state index contributed by atoms with van der Waals surface area (Å²) >= 11 is 5.76. The molecule has 0 aliphatic carbocycles. The largest absolute Gasteiger partial charge is 0.352 e. The number of amides is 2. The van der Waals surface area contributed by atoms with Gasteiger partial charge in [0, 0.05) is 17.6 Å². The molecule has 2 amide bonds. The zero-order chi connectivity index (χ0) is 16.2. The Morgan fingerprint density at radius 2 is 1.86 bits per heavy atom. The Morgan fingerprint density at radius 1 is 1.18 bits per heavy atom. The van der Waals surface area contributed by atoms with Gasteiger partial charge in [0.2, 0.25) is 11.8 Å². The van der Waals surface area contributed by atoms with Gasteiger partial charge in [-0.05, 0) is 24.1 Å². The maximum atomic E-state index is 11.7. The van der Waals surface area contributed by atoms with Crippen molar-refractivity contribution in [2.24, 2.45) is 0 Å². The second-order valence-corrected chi connectivity index (χ2v) is 7.91. The Kier molecular flexibility index (Phi) is 5.42. The zero-order valence-electron chi connectivity index (χ0n) is 11.8. The van der Waals surface area contributed by atoms with Gasteiger partial charge in [-0.15, -0.1) is 0 Å². The molecule has 22 heavy (non-hydrogen) atoms. The molecular weight excluding hydrogens is 328 g/mol. The highest BCUT2D eigenvalue weighted by Crippen LogP contribution is 2.11. The first-order valence-electron chi connectivity index (χ1n) is 6.85. The Morgan fingerprint density at radius 3 is 2.45 bits per heavy atom. The highest BCUT2D eigenvalue weighted by molar-refractivity contribution is 7.91. The quantitative estimate of drug-likeness (QED) is 0.767. The van der Waals surface area contributed by atoms with Crippen LogP contribution in [0.5, 0.6) is 0 Å². The molecule has 8 heteroatoms. The third kappa shape index (κ3) is 5.31. The van der Waals surface area contributed by atoms with Gasteiger partial charge in [0.25, 0.3) is 0 Å². The summed E-state index contributed by atoms with van der Waals surface area (Å²) in [6.07, 6.45) is 0.0879. The van der Waals surface area contributed by atoms with Gasteiger partial charge in [0.15, 0.2) is 9.84 Å². The van der Waals surface area contributed by atoms with E-state index >= 15 is 0 Å². The van der Waals surface area contributed by atoms with Crippen LogP contribution in [0.1, 0.15) is 18.4 Å². The van der Waals surface area contributed by atoms with Crippen molar-refractivity contribution in [3.05, 3.63) is 34.9 Å². The minimum atomic E-state index is -3.05. The molecule has 1 unspecified atom stereocenters. The number of benzene rings is 1. The molecule has 2 N–H and O–H groups in total. The normalized spacial score (nSPS) is 19.6. The number of halogens is 1. The highest BCUT2D eigenvalue weighted by Gasteiger charge is 2.29. The van der Waals surface area contributed by atoms with Crippen molar-refractivity contribution in [1.29, 1.82) is 0 Å². The topological polar surface area (TPSA) is 92.3 Å². The number of hydrogen-bond acceptors (Lipinski definition) is 4. The lowest BCUT2D eigenvalue weighted by atomic mass is 10.2.